The number of ether oxygens (including phenoxy) is 1. The summed E-state index contributed by atoms with van der Waals surface area (Å²) in [6.07, 6.45) is 1.83. The Bertz CT molecular complexity index is 271. The number of halogens is 1. The van der Waals surface area contributed by atoms with Gasteiger partial charge in [-0.3, -0.25) is 0 Å². The van der Waals surface area contributed by atoms with Gasteiger partial charge in [0.05, 0.1) is 0 Å². The monoisotopic (exact) mass is 202 g/mol. The lowest BCUT2D eigenvalue weighted by atomic mass is 10.3. The molecule has 0 bridgehead atoms. The summed E-state index contributed by atoms with van der Waals surface area (Å²) in [4.78, 5) is 0. The Morgan fingerprint density at radius 1 is 1.42 bits per heavy atom. The first-order valence-electron chi connectivity index (χ1n) is 3.24. The van der Waals surface area contributed by atoms with Crippen LogP contribution in [0.25, 0.3) is 0 Å². The van der Waals surface area contributed by atoms with Crippen LogP contribution in [0.1, 0.15) is 0 Å². The number of benzene rings is 1. The summed E-state index contributed by atoms with van der Waals surface area (Å²) < 4.78 is 18.0. The number of thioether (sulfide) groups is 1. The minimum atomic E-state index is -0.280. The highest BCUT2D eigenvalue weighted by Gasteiger charge is 1.97. The molecule has 1 rings (SSSR count). The fraction of sp³-hybridized carbons (Fsp3) is 0.125. The van der Waals surface area contributed by atoms with E-state index >= 15 is 0 Å². The Hall–Kier alpha value is -0.610. The van der Waals surface area contributed by atoms with Gasteiger partial charge in [0.1, 0.15) is 11.6 Å². The number of rotatable bonds is 1. The highest BCUT2D eigenvalue weighted by atomic mass is 32.2. The second-order valence-corrected chi connectivity index (χ2v) is 3.42. The molecule has 0 fully saturated rings. The van der Waals surface area contributed by atoms with Crippen LogP contribution >= 0.6 is 24.0 Å². The maximum absolute atomic E-state index is 12.4. The molecule has 0 amide bonds. The molecular weight excluding hydrogens is 195 g/mol. The van der Waals surface area contributed by atoms with Crippen molar-refractivity contribution < 1.29 is 9.13 Å². The lowest BCUT2D eigenvalue weighted by molar-refractivity contribution is 0.571. The molecule has 0 saturated carbocycles. The maximum atomic E-state index is 12.4. The van der Waals surface area contributed by atoms with Gasteiger partial charge in [-0.25, -0.2) is 4.39 Å². The summed E-state index contributed by atoms with van der Waals surface area (Å²) in [6, 6.07) is 5.74. The smallest absolute Gasteiger partial charge is 0.225 e. The Morgan fingerprint density at radius 2 is 2.00 bits per heavy atom. The van der Waals surface area contributed by atoms with Crippen LogP contribution in [0.15, 0.2) is 24.3 Å². The average Bonchev–Trinajstić information content (AvgIpc) is 2.09. The topological polar surface area (TPSA) is 9.23 Å². The van der Waals surface area contributed by atoms with Crippen molar-refractivity contribution in [1.29, 1.82) is 0 Å². The molecule has 0 aliphatic carbocycles. The molecule has 0 unspecified atom stereocenters. The van der Waals surface area contributed by atoms with Crippen LogP contribution < -0.4 is 4.74 Å². The van der Waals surface area contributed by atoms with E-state index in [0.29, 0.717) is 10.1 Å². The molecular formula is C8H7FOS2. The Balaban J connectivity index is 2.64. The molecule has 0 aliphatic rings. The molecule has 0 N–H and O–H groups in total. The fourth-order valence-electron chi connectivity index (χ4n) is 0.641. The van der Waals surface area contributed by atoms with Crippen LogP contribution in [-0.2, 0) is 0 Å². The normalized spacial score (nSPS) is 9.50. The summed E-state index contributed by atoms with van der Waals surface area (Å²) in [5.41, 5.74) is 0. The molecule has 0 atom stereocenters. The lowest BCUT2D eigenvalue weighted by Gasteiger charge is -2.02. The summed E-state index contributed by atoms with van der Waals surface area (Å²) in [7, 11) is 0. The van der Waals surface area contributed by atoms with Gasteiger partial charge in [0, 0.05) is 0 Å². The van der Waals surface area contributed by atoms with E-state index in [1.165, 1.54) is 36.0 Å². The van der Waals surface area contributed by atoms with Crippen LogP contribution in [0.2, 0.25) is 0 Å². The van der Waals surface area contributed by atoms with Crippen LogP contribution in [0.4, 0.5) is 4.39 Å². The minimum absolute atomic E-state index is 0.280. The van der Waals surface area contributed by atoms with Crippen LogP contribution in [0.3, 0.4) is 0 Å². The fourth-order valence-corrected chi connectivity index (χ4v) is 0.916. The zero-order valence-corrected chi connectivity index (χ0v) is 8.05. The molecule has 0 saturated heterocycles. The van der Waals surface area contributed by atoms with E-state index in [9.17, 15) is 4.39 Å². The van der Waals surface area contributed by atoms with Crippen molar-refractivity contribution in [3.63, 3.8) is 0 Å². The number of hydrogen-bond acceptors (Lipinski definition) is 3. The SMILES string of the molecule is CSC(=S)Oc1ccc(F)cc1. The van der Waals surface area contributed by atoms with Crippen molar-refractivity contribution in [2.75, 3.05) is 6.26 Å². The minimum Gasteiger partial charge on any atom is -0.440 e. The molecule has 0 aliphatic heterocycles. The first kappa shape index (κ1) is 9.48. The Labute approximate surface area is 79.9 Å². The molecule has 1 aromatic carbocycles. The van der Waals surface area contributed by atoms with E-state index in [0.717, 1.165) is 0 Å². The molecule has 12 heavy (non-hydrogen) atoms. The van der Waals surface area contributed by atoms with Gasteiger partial charge in [-0.1, -0.05) is 11.8 Å². The number of thiocarbonyl (C=S) groups is 1. The Morgan fingerprint density at radius 3 is 2.50 bits per heavy atom. The molecule has 0 spiro atoms. The zero-order valence-electron chi connectivity index (χ0n) is 6.41. The van der Waals surface area contributed by atoms with E-state index in [1.807, 2.05) is 6.26 Å². The molecule has 0 radical (unpaired) electrons. The molecule has 0 aromatic heterocycles. The summed E-state index contributed by atoms with van der Waals surface area (Å²) in [6.45, 7) is 0. The predicted octanol–water partition coefficient (Wildman–Crippen LogP) is 2.85. The van der Waals surface area contributed by atoms with Gasteiger partial charge in [0.2, 0.25) is 4.38 Å². The van der Waals surface area contributed by atoms with Crippen LogP contribution in [-0.4, -0.2) is 10.6 Å². The molecule has 1 nitrogen and oxygen atoms in total. The second kappa shape index (κ2) is 4.42. The first-order valence-corrected chi connectivity index (χ1v) is 4.87. The van der Waals surface area contributed by atoms with Gasteiger partial charge in [0.25, 0.3) is 0 Å². The highest BCUT2D eigenvalue weighted by molar-refractivity contribution is 8.22. The van der Waals surface area contributed by atoms with Gasteiger partial charge in [-0.05, 0) is 42.7 Å². The van der Waals surface area contributed by atoms with Gasteiger partial charge in [-0.2, -0.15) is 0 Å². The Kier molecular flexibility index (Phi) is 3.49. The maximum Gasteiger partial charge on any atom is 0.225 e. The van der Waals surface area contributed by atoms with Crippen molar-refractivity contribution in [1.82, 2.24) is 0 Å². The van der Waals surface area contributed by atoms with E-state index in [1.54, 1.807) is 0 Å². The average molecular weight is 202 g/mol. The van der Waals surface area contributed by atoms with Gasteiger partial charge < -0.3 is 4.74 Å². The molecule has 0 heterocycles. The van der Waals surface area contributed by atoms with E-state index < -0.39 is 0 Å². The largest absolute Gasteiger partial charge is 0.440 e. The summed E-state index contributed by atoms with van der Waals surface area (Å²) in [5, 5.41) is 0. The summed E-state index contributed by atoms with van der Waals surface area (Å²) in [5.74, 6) is 0.285. The second-order valence-electron chi connectivity index (χ2n) is 2.01. The quantitative estimate of drug-likeness (QED) is 0.648. The van der Waals surface area contributed by atoms with Crippen molar-refractivity contribution >= 4 is 28.4 Å². The van der Waals surface area contributed by atoms with Crippen molar-refractivity contribution in [2.24, 2.45) is 0 Å². The van der Waals surface area contributed by atoms with Crippen molar-refractivity contribution in [3.05, 3.63) is 30.1 Å². The van der Waals surface area contributed by atoms with Gasteiger partial charge in [0.15, 0.2) is 0 Å². The lowest BCUT2D eigenvalue weighted by Crippen LogP contribution is -1.98. The van der Waals surface area contributed by atoms with Gasteiger partial charge >= 0.3 is 0 Å². The molecule has 4 heteroatoms. The van der Waals surface area contributed by atoms with E-state index in [4.69, 9.17) is 17.0 Å². The summed E-state index contributed by atoms with van der Waals surface area (Å²) >= 11 is 6.16. The van der Waals surface area contributed by atoms with Crippen molar-refractivity contribution in [2.45, 2.75) is 0 Å². The van der Waals surface area contributed by atoms with Crippen LogP contribution in [0.5, 0.6) is 5.75 Å². The van der Waals surface area contributed by atoms with Crippen LogP contribution in [0, 0.1) is 5.82 Å². The first-order chi connectivity index (χ1) is 5.72. The number of hydrogen-bond donors (Lipinski definition) is 0. The third-order valence-corrected chi connectivity index (χ3v) is 2.18. The van der Waals surface area contributed by atoms with Gasteiger partial charge in [-0.15, -0.1) is 0 Å². The predicted molar refractivity (Wildman–Crippen MR) is 53.1 cm³/mol. The standard InChI is InChI=1S/C8H7FOS2/c1-12-8(11)10-7-4-2-6(9)3-5-7/h2-5H,1H3. The third-order valence-electron chi connectivity index (χ3n) is 1.18. The van der Waals surface area contributed by atoms with Crippen molar-refractivity contribution in [3.8, 4) is 5.75 Å². The zero-order chi connectivity index (χ0) is 8.97. The third kappa shape index (κ3) is 2.79. The van der Waals surface area contributed by atoms with E-state index in [-0.39, 0.29) is 5.82 Å². The highest BCUT2D eigenvalue weighted by Crippen LogP contribution is 2.13. The molecule has 1 aromatic rings. The van der Waals surface area contributed by atoms with E-state index in [2.05, 4.69) is 0 Å². The molecule has 64 valence electrons.